The van der Waals surface area contributed by atoms with Gasteiger partial charge in [-0.05, 0) is 12.8 Å². The molecule has 0 aromatic carbocycles. The third-order valence-electron chi connectivity index (χ3n) is 5.59. The number of aromatic nitrogens is 1. The second-order valence-corrected chi connectivity index (χ2v) is 8.93. The lowest BCUT2D eigenvalue weighted by molar-refractivity contribution is -0.140. The minimum absolute atomic E-state index is 0.0329. The third kappa shape index (κ3) is 5.46. The van der Waals surface area contributed by atoms with Crippen molar-refractivity contribution in [2.45, 2.75) is 37.6 Å². The zero-order chi connectivity index (χ0) is 25.3. The molecule has 1 aromatic heterocycles. The van der Waals surface area contributed by atoms with Crippen LogP contribution in [0.25, 0.3) is 0 Å². The first-order chi connectivity index (χ1) is 16.5. The molecule has 4 heterocycles. The molecule has 3 amide bonds. The van der Waals surface area contributed by atoms with E-state index in [1.807, 2.05) is 0 Å². The van der Waals surface area contributed by atoms with E-state index in [4.69, 9.17) is 14.2 Å². The maximum atomic E-state index is 12.7. The molecular weight excluding hydrogens is 496 g/mol. The zero-order valence-corrected chi connectivity index (χ0v) is 18.8. The molecule has 35 heavy (non-hydrogen) atoms. The average molecular weight is 518 g/mol. The number of aromatic hydroxyl groups is 1. The SMILES string of the molecule is O=C(NOC1CNCC1=NOCc1cc(=O)c(O)cn1O)[C@@H]1CC[C@@H]2CN1C(=O)N2OS(=O)(=O)O. The van der Waals surface area contributed by atoms with Gasteiger partial charge in [0.15, 0.2) is 12.4 Å². The number of carbonyl (C=O) groups is 2. The van der Waals surface area contributed by atoms with E-state index < -0.39 is 51.7 Å². The third-order valence-corrected chi connectivity index (χ3v) is 5.94. The molecule has 18 heteroatoms. The molecule has 3 atom stereocenters. The van der Waals surface area contributed by atoms with E-state index in [0.717, 1.165) is 17.2 Å². The first-order valence-corrected chi connectivity index (χ1v) is 11.7. The Morgan fingerprint density at radius 2 is 2.09 bits per heavy atom. The summed E-state index contributed by atoms with van der Waals surface area (Å²) in [7, 11) is -4.90. The predicted molar refractivity (Wildman–Crippen MR) is 111 cm³/mol. The van der Waals surface area contributed by atoms with Gasteiger partial charge in [0.25, 0.3) is 5.91 Å². The topological polar surface area (TPSA) is 222 Å². The van der Waals surface area contributed by atoms with E-state index in [2.05, 4.69) is 20.2 Å². The molecule has 192 valence electrons. The molecule has 17 nitrogen and oxygen atoms in total. The lowest BCUT2D eigenvalue weighted by atomic mass is 10.0. The maximum absolute atomic E-state index is 12.7. The van der Waals surface area contributed by atoms with Gasteiger partial charge in [0, 0.05) is 25.7 Å². The van der Waals surface area contributed by atoms with Gasteiger partial charge in [-0.3, -0.25) is 19.0 Å². The van der Waals surface area contributed by atoms with E-state index >= 15 is 0 Å². The number of carbonyl (C=O) groups excluding carboxylic acids is 2. The van der Waals surface area contributed by atoms with Gasteiger partial charge in [-0.2, -0.15) is 18.2 Å². The highest BCUT2D eigenvalue weighted by molar-refractivity contribution is 7.80. The van der Waals surface area contributed by atoms with Gasteiger partial charge in [-0.1, -0.05) is 5.16 Å². The fourth-order valence-electron chi connectivity index (χ4n) is 3.91. The van der Waals surface area contributed by atoms with Crippen LogP contribution in [-0.4, -0.2) is 93.4 Å². The van der Waals surface area contributed by atoms with Gasteiger partial charge in [0.1, 0.15) is 23.6 Å². The summed E-state index contributed by atoms with van der Waals surface area (Å²) < 4.78 is 35.6. The molecule has 0 saturated carbocycles. The van der Waals surface area contributed by atoms with Crippen molar-refractivity contribution in [1.82, 2.24) is 25.5 Å². The number of hydroxylamine groups is 3. The standard InChI is InChI=1S/C17H22N6O11S/c24-13-3-10(22(28)7-14(13)25)8-32-19-11-4-18-5-15(11)33-20-16(26)12-2-1-9-6-21(12)17(27)23(9)34-35(29,30)31/h3,7,9,12,15,18,25,28H,1-2,4-6,8H2,(H,20,26)(H,29,30,31)/t9-,12+,15?/m1/s1. The first-order valence-electron chi connectivity index (χ1n) is 10.3. The highest BCUT2D eigenvalue weighted by Crippen LogP contribution is 2.30. The van der Waals surface area contributed by atoms with Crippen molar-refractivity contribution >= 4 is 28.0 Å². The van der Waals surface area contributed by atoms with E-state index in [9.17, 15) is 33.1 Å². The summed E-state index contributed by atoms with van der Waals surface area (Å²) >= 11 is 0. The molecule has 0 radical (unpaired) electrons. The van der Waals surface area contributed by atoms with Crippen molar-refractivity contribution in [3.8, 4) is 5.75 Å². The Hall–Kier alpha value is -3.45. The largest absolute Gasteiger partial charge is 0.503 e. The molecule has 0 aliphatic carbocycles. The van der Waals surface area contributed by atoms with Crippen LogP contribution < -0.4 is 16.2 Å². The Morgan fingerprint density at radius 3 is 2.83 bits per heavy atom. The second-order valence-electron chi connectivity index (χ2n) is 7.93. The average Bonchev–Trinajstić information content (AvgIpc) is 3.33. The van der Waals surface area contributed by atoms with Crippen molar-refractivity contribution in [2.75, 3.05) is 19.6 Å². The Labute approximate surface area is 197 Å². The molecule has 3 fully saturated rings. The van der Waals surface area contributed by atoms with Gasteiger partial charge in [-0.25, -0.2) is 10.3 Å². The first kappa shape index (κ1) is 24.7. The highest BCUT2D eigenvalue weighted by atomic mass is 32.3. The van der Waals surface area contributed by atoms with Crippen molar-refractivity contribution in [1.29, 1.82) is 0 Å². The van der Waals surface area contributed by atoms with E-state index in [-0.39, 0.29) is 44.8 Å². The van der Waals surface area contributed by atoms with Crippen LogP contribution in [0, 0.1) is 0 Å². The molecule has 2 bridgehead atoms. The van der Waals surface area contributed by atoms with Crippen LogP contribution in [0.3, 0.4) is 0 Å². The van der Waals surface area contributed by atoms with Crippen LogP contribution in [0.5, 0.6) is 5.75 Å². The molecule has 3 aliphatic rings. The van der Waals surface area contributed by atoms with Crippen LogP contribution in [0.15, 0.2) is 22.2 Å². The van der Waals surface area contributed by atoms with Crippen molar-refractivity contribution in [3.05, 3.63) is 28.2 Å². The fourth-order valence-corrected chi connectivity index (χ4v) is 4.30. The molecule has 3 saturated heterocycles. The van der Waals surface area contributed by atoms with Gasteiger partial charge in [0.05, 0.1) is 12.2 Å². The maximum Gasteiger partial charge on any atom is 0.418 e. The number of hydrogen-bond donors (Lipinski definition) is 5. The van der Waals surface area contributed by atoms with Crippen molar-refractivity contribution < 1.29 is 46.8 Å². The fraction of sp³-hybridized carbons (Fsp3) is 0.529. The van der Waals surface area contributed by atoms with Crippen LogP contribution in [0.1, 0.15) is 18.5 Å². The molecule has 0 spiro atoms. The summed E-state index contributed by atoms with van der Waals surface area (Å²) in [6, 6.07) is -1.48. The van der Waals surface area contributed by atoms with Gasteiger partial charge in [-0.15, -0.1) is 4.28 Å². The summed E-state index contributed by atoms with van der Waals surface area (Å²) in [6.45, 7) is 0.277. The van der Waals surface area contributed by atoms with Crippen LogP contribution in [0.4, 0.5) is 4.79 Å². The minimum atomic E-state index is -4.90. The molecule has 4 rings (SSSR count). The molecular formula is C17H22N6O11S. The van der Waals surface area contributed by atoms with Gasteiger partial charge < -0.3 is 25.4 Å². The van der Waals surface area contributed by atoms with Gasteiger partial charge in [0.2, 0.25) is 5.43 Å². The number of pyridine rings is 1. The molecule has 1 aromatic rings. The highest BCUT2D eigenvalue weighted by Gasteiger charge is 2.49. The van der Waals surface area contributed by atoms with Crippen LogP contribution in [-0.2, 0) is 35.8 Å². The van der Waals surface area contributed by atoms with Crippen molar-refractivity contribution in [2.24, 2.45) is 5.16 Å². The molecule has 3 aliphatic heterocycles. The van der Waals surface area contributed by atoms with E-state index in [0.29, 0.717) is 15.5 Å². The summed E-state index contributed by atoms with van der Waals surface area (Å²) in [4.78, 5) is 48.2. The number of rotatable bonds is 8. The van der Waals surface area contributed by atoms with Crippen LogP contribution in [0.2, 0.25) is 0 Å². The number of oxime groups is 1. The number of fused-ring (bicyclic) bond motifs is 2. The lowest BCUT2D eigenvalue weighted by Crippen LogP contribution is -2.50. The summed E-state index contributed by atoms with van der Waals surface area (Å²) in [5, 5.41) is 26.4. The van der Waals surface area contributed by atoms with Crippen molar-refractivity contribution in [3.63, 3.8) is 0 Å². The van der Waals surface area contributed by atoms with Gasteiger partial charge >= 0.3 is 16.4 Å². The Kier molecular flexibility index (Phi) is 6.81. The smallest absolute Gasteiger partial charge is 0.418 e. The Morgan fingerprint density at radius 1 is 1.31 bits per heavy atom. The minimum Gasteiger partial charge on any atom is -0.503 e. The monoisotopic (exact) mass is 518 g/mol. The number of nitrogens with one attached hydrogen (secondary N) is 2. The normalized spacial score (nSPS) is 25.3. The Bertz CT molecular complexity index is 1200. The Balaban J connectivity index is 1.31. The summed E-state index contributed by atoms with van der Waals surface area (Å²) in [5.41, 5.74) is 1.97. The lowest BCUT2D eigenvalue weighted by Gasteiger charge is -2.29. The number of amides is 3. The summed E-state index contributed by atoms with van der Waals surface area (Å²) in [6.07, 6.45) is 0.563. The predicted octanol–water partition coefficient (Wildman–Crippen LogP) is -2.31. The summed E-state index contributed by atoms with van der Waals surface area (Å²) in [5.74, 6) is -1.28. The number of urea groups is 1. The van der Waals surface area contributed by atoms with E-state index in [1.165, 1.54) is 0 Å². The second kappa shape index (κ2) is 9.66. The molecule has 1 unspecified atom stereocenters. The number of nitrogens with zero attached hydrogens (tertiary/aromatic N) is 4. The number of piperidine rings is 1. The number of hydrogen-bond acceptors (Lipinski definition) is 12. The van der Waals surface area contributed by atoms with E-state index in [1.54, 1.807) is 0 Å². The molecule has 5 N–H and O–H groups in total. The van der Waals surface area contributed by atoms with Crippen LogP contribution >= 0.6 is 0 Å². The zero-order valence-electron chi connectivity index (χ0n) is 17.9. The quantitative estimate of drug-likeness (QED) is 0.139.